The summed E-state index contributed by atoms with van der Waals surface area (Å²) >= 11 is 0. The Labute approximate surface area is 120 Å². The molecule has 0 spiro atoms. The molecule has 1 saturated carbocycles. The largest absolute Gasteiger partial charge is 0.366 e. The third kappa shape index (κ3) is 3.74. The molecular formula is C15H17F4NO. The van der Waals surface area contributed by atoms with Crippen LogP contribution in [0.25, 0.3) is 0 Å². The van der Waals surface area contributed by atoms with Crippen LogP contribution >= 0.6 is 0 Å². The SMILES string of the molecule is NC(=O)/C=C/C12C=CC(CCCC(F)(F)C(F)F)=CC1C2. The zero-order valence-corrected chi connectivity index (χ0v) is 11.4. The zero-order valence-electron chi connectivity index (χ0n) is 11.4. The van der Waals surface area contributed by atoms with Crippen LogP contribution in [-0.2, 0) is 4.79 Å². The van der Waals surface area contributed by atoms with Gasteiger partial charge in [0.15, 0.2) is 0 Å². The lowest BCUT2D eigenvalue weighted by molar-refractivity contribution is -0.133. The van der Waals surface area contributed by atoms with Crippen LogP contribution in [0, 0.1) is 11.3 Å². The van der Waals surface area contributed by atoms with Crippen LogP contribution < -0.4 is 5.73 Å². The molecule has 1 amide bonds. The van der Waals surface area contributed by atoms with E-state index in [1.54, 1.807) is 6.08 Å². The molecule has 0 aromatic carbocycles. The standard InChI is InChI=1S/C15H17F4NO/c16-13(17)15(18,19)5-1-2-10-3-6-14(7-4-12(20)21)9-11(14)8-10/h3-4,6-8,11,13H,1-2,5,9H2,(H2,20,21)/b7-4+. The van der Waals surface area contributed by atoms with Crippen molar-refractivity contribution in [1.29, 1.82) is 0 Å². The average Bonchev–Trinajstić information content (AvgIpc) is 3.10. The number of hydrogen-bond donors (Lipinski definition) is 1. The monoisotopic (exact) mass is 303 g/mol. The summed E-state index contributed by atoms with van der Waals surface area (Å²) in [6.45, 7) is 0. The number of carbonyl (C=O) groups excluding carboxylic acids is 1. The maximum Gasteiger partial charge on any atom is 0.307 e. The van der Waals surface area contributed by atoms with Gasteiger partial charge < -0.3 is 5.73 Å². The van der Waals surface area contributed by atoms with Crippen LogP contribution in [0.4, 0.5) is 17.6 Å². The second-order valence-electron chi connectivity index (χ2n) is 5.65. The van der Waals surface area contributed by atoms with E-state index in [9.17, 15) is 22.4 Å². The van der Waals surface area contributed by atoms with Crippen molar-refractivity contribution >= 4 is 5.91 Å². The highest BCUT2D eigenvalue weighted by atomic mass is 19.3. The summed E-state index contributed by atoms with van der Waals surface area (Å²) in [7, 11) is 0. The maximum atomic E-state index is 12.8. The molecule has 2 unspecified atom stereocenters. The van der Waals surface area contributed by atoms with Gasteiger partial charge in [0.25, 0.3) is 0 Å². The van der Waals surface area contributed by atoms with E-state index in [-0.39, 0.29) is 17.8 Å². The molecule has 0 aromatic rings. The van der Waals surface area contributed by atoms with Crippen molar-refractivity contribution < 1.29 is 22.4 Å². The quantitative estimate of drug-likeness (QED) is 0.567. The van der Waals surface area contributed by atoms with Crippen molar-refractivity contribution in [2.24, 2.45) is 17.1 Å². The van der Waals surface area contributed by atoms with E-state index in [1.807, 2.05) is 18.2 Å². The number of nitrogens with two attached hydrogens (primary N) is 1. The Bertz CT molecular complexity index is 510. The van der Waals surface area contributed by atoms with Gasteiger partial charge in [-0.25, -0.2) is 17.6 Å². The summed E-state index contributed by atoms with van der Waals surface area (Å²) in [6, 6.07) is 0. The molecule has 0 aliphatic heterocycles. The predicted molar refractivity (Wildman–Crippen MR) is 70.9 cm³/mol. The number of allylic oxidation sites excluding steroid dienone is 5. The van der Waals surface area contributed by atoms with Crippen molar-refractivity contribution in [3.05, 3.63) is 36.0 Å². The summed E-state index contributed by atoms with van der Waals surface area (Å²) < 4.78 is 49.6. The Morgan fingerprint density at radius 2 is 2.24 bits per heavy atom. The van der Waals surface area contributed by atoms with Gasteiger partial charge in [-0.2, -0.15) is 0 Å². The predicted octanol–water partition coefficient (Wildman–Crippen LogP) is 3.60. The molecule has 0 bridgehead atoms. The summed E-state index contributed by atoms with van der Waals surface area (Å²) in [5.74, 6) is -4.18. The Morgan fingerprint density at radius 1 is 1.52 bits per heavy atom. The van der Waals surface area contributed by atoms with Gasteiger partial charge >= 0.3 is 12.3 Å². The Morgan fingerprint density at radius 3 is 2.81 bits per heavy atom. The fraction of sp³-hybridized carbons (Fsp3) is 0.533. The van der Waals surface area contributed by atoms with Gasteiger partial charge in [0.2, 0.25) is 5.91 Å². The molecule has 0 radical (unpaired) electrons. The highest BCUT2D eigenvalue weighted by Crippen LogP contribution is 2.58. The second kappa shape index (κ2) is 5.66. The zero-order chi connectivity index (χ0) is 15.7. The van der Waals surface area contributed by atoms with E-state index in [2.05, 4.69) is 0 Å². The molecule has 0 heterocycles. The first kappa shape index (κ1) is 15.8. The molecule has 0 aromatic heterocycles. The molecule has 2 rings (SSSR count). The maximum absolute atomic E-state index is 12.8. The molecule has 1 fully saturated rings. The van der Waals surface area contributed by atoms with Crippen molar-refractivity contribution in [2.75, 3.05) is 0 Å². The normalized spacial score (nSPS) is 27.9. The van der Waals surface area contributed by atoms with E-state index < -0.39 is 24.7 Å². The number of amides is 1. The summed E-state index contributed by atoms with van der Waals surface area (Å²) in [5, 5.41) is 0. The van der Waals surface area contributed by atoms with Gasteiger partial charge in [-0.15, -0.1) is 0 Å². The van der Waals surface area contributed by atoms with Crippen LogP contribution in [0.5, 0.6) is 0 Å². The van der Waals surface area contributed by atoms with Crippen LogP contribution in [0.15, 0.2) is 36.0 Å². The first-order valence-electron chi connectivity index (χ1n) is 6.80. The van der Waals surface area contributed by atoms with Gasteiger partial charge in [0.05, 0.1) is 0 Å². The smallest absolute Gasteiger partial charge is 0.307 e. The van der Waals surface area contributed by atoms with Gasteiger partial charge in [-0.05, 0) is 31.3 Å². The van der Waals surface area contributed by atoms with Crippen molar-refractivity contribution in [3.63, 3.8) is 0 Å². The number of alkyl halides is 4. The molecule has 2 aliphatic rings. The van der Waals surface area contributed by atoms with E-state index in [4.69, 9.17) is 5.73 Å². The van der Waals surface area contributed by atoms with Gasteiger partial charge in [-0.1, -0.05) is 29.9 Å². The summed E-state index contributed by atoms with van der Waals surface area (Å²) in [6.07, 6.45) is 5.59. The highest BCUT2D eigenvalue weighted by Gasteiger charge is 2.50. The molecule has 116 valence electrons. The molecule has 2 aliphatic carbocycles. The highest BCUT2D eigenvalue weighted by molar-refractivity contribution is 5.86. The number of rotatable bonds is 7. The second-order valence-corrected chi connectivity index (χ2v) is 5.65. The van der Waals surface area contributed by atoms with Crippen molar-refractivity contribution in [3.8, 4) is 0 Å². The fourth-order valence-corrected chi connectivity index (χ4v) is 2.59. The number of hydrogen-bond acceptors (Lipinski definition) is 1. The van der Waals surface area contributed by atoms with Crippen molar-refractivity contribution in [2.45, 2.75) is 38.0 Å². The van der Waals surface area contributed by atoms with Gasteiger partial charge in [-0.3, -0.25) is 4.79 Å². The Kier molecular flexibility index (Phi) is 4.25. The number of halogens is 4. The number of carbonyl (C=O) groups is 1. The average molecular weight is 303 g/mol. The minimum atomic E-state index is -3.91. The molecule has 21 heavy (non-hydrogen) atoms. The van der Waals surface area contributed by atoms with Crippen LogP contribution in [0.1, 0.15) is 25.7 Å². The number of primary amides is 1. The molecule has 0 saturated heterocycles. The summed E-state index contributed by atoms with van der Waals surface area (Å²) in [5.41, 5.74) is 5.75. The minimum Gasteiger partial charge on any atom is -0.366 e. The lowest BCUT2D eigenvalue weighted by Gasteiger charge is -2.16. The van der Waals surface area contributed by atoms with Crippen LogP contribution in [0.3, 0.4) is 0 Å². The molecule has 2 N–H and O–H groups in total. The molecule has 2 atom stereocenters. The van der Waals surface area contributed by atoms with Crippen LogP contribution in [0.2, 0.25) is 0 Å². The lowest BCUT2D eigenvalue weighted by atomic mass is 9.93. The van der Waals surface area contributed by atoms with E-state index in [0.29, 0.717) is 6.42 Å². The molecule has 2 nitrogen and oxygen atoms in total. The minimum absolute atomic E-state index is 0.0182. The third-order valence-electron chi connectivity index (χ3n) is 3.98. The van der Waals surface area contributed by atoms with Crippen LogP contribution in [-0.4, -0.2) is 18.3 Å². The topological polar surface area (TPSA) is 43.1 Å². The van der Waals surface area contributed by atoms with E-state index >= 15 is 0 Å². The molecular weight excluding hydrogens is 286 g/mol. The van der Waals surface area contributed by atoms with Crippen molar-refractivity contribution in [1.82, 2.24) is 0 Å². The van der Waals surface area contributed by atoms with E-state index in [0.717, 1.165) is 12.0 Å². The third-order valence-corrected chi connectivity index (χ3v) is 3.98. The molecule has 6 heteroatoms. The lowest BCUT2D eigenvalue weighted by Crippen LogP contribution is -2.26. The first-order valence-corrected chi connectivity index (χ1v) is 6.80. The van der Waals surface area contributed by atoms with Gasteiger partial charge in [0.1, 0.15) is 0 Å². The van der Waals surface area contributed by atoms with E-state index in [1.165, 1.54) is 6.08 Å². The Balaban J connectivity index is 1.83. The first-order chi connectivity index (χ1) is 9.75. The Hall–Kier alpha value is -1.59. The summed E-state index contributed by atoms with van der Waals surface area (Å²) in [4.78, 5) is 10.7. The fourth-order valence-electron chi connectivity index (χ4n) is 2.59. The number of fused-ring (bicyclic) bond motifs is 1. The van der Waals surface area contributed by atoms with Gasteiger partial charge in [0, 0.05) is 11.8 Å².